The Morgan fingerprint density at radius 2 is 2.16 bits per heavy atom. The van der Waals surface area contributed by atoms with Crippen molar-refractivity contribution >= 4 is 63.6 Å². The molecule has 1 aromatic carbocycles. The third kappa shape index (κ3) is 2.98. The molecule has 2 N–H and O–H groups in total. The second-order valence-corrected chi connectivity index (χ2v) is 8.05. The summed E-state index contributed by atoms with van der Waals surface area (Å²) in [4.78, 5) is 17.9. The lowest BCUT2D eigenvalue weighted by molar-refractivity contribution is 0.598. The highest BCUT2D eigenvalue weighted by Crippen LogP contribution is 2.35. The van der Waals surface area contributed by atoms with Crippen LogP contribution in [-0.4, -0.2) is 32.3 Å². The van der Waals surface area contributed by atoms with Gasteiger partial charge in [0.05, 0.1) is 5.52 Å². The lowest BCUT2D eigenvalue weighted by Gasteiger charge is -2.05. The maximum absolute atomic E-state index is 5.99. The second kappa shape index (κ2) is 6.64. The van der Waals surface area contributed by atoms with Crippen LogP contribution in [0.15, 0.2) is 34.0 Å². The molecule has 126 valence electrons. The standard InChI is InChI=1S/C16H17BN6S2/c1-2-3-7-23-14-11(13(18)19-8-20-14)22-15(23)25-16-21-10-6-4-5-9(17)12(10)24-16/h4-6,8H,2-3,7,17H2,1H3,(H2,18,19,20). The summed E-state index contributed by atoms with van der Waals surface area (Å²) in [6.07, 6.45) is 3.66. The molecule has 0 amide bonds. The fourth-order valence-electron chi connectivity index (χ4n) is 2.72. The van der Waals surface area contributed by atoms with E-state index in [2.05, 4.69) is 35.4 Å². The topological polar surface area (TPSA) is 82.5 Å². The van der Waals surface area contributed by atoms with Crippen LogP contribution in [0.5, 0.6) is 0 Å². The van der Waals surface area contributed by atoms with Gasteiger partial charge < -0.3 is 10.3 Å². The average Bonchev–Trinajstić information content (AvgIpc) is 3.16. The molecule has 0 aliphatic heterocycles. The predicted octanol–water partition coefficient (Wildman–Crippen LogP) is 2.23. The van der Waals surface area contributed by atoms with Crippen LogP contribution in [0.4, 0.5) is 5.82 Å². The zero-order valence-electron chi connectivity index (χ0n) is 14.1. The molecule has 0 aliphatic carbocycles. The molecule has 9 heteroatoms. The van der Waals surface area contributed by atoms with Crippen molar-refractivity contribution in [1.82, 2.24) is 24.5 Å². The van der Waals surface area contributed by atoms with Crippen molar-refractivity contribution in [1.29, 1.82) is 0 Å². The number of hydrogen-bond acceptors (Lipinski definition) is 7. The van der Waals surface area contributed by atoms with E-state index in [4.69, 9.17) is 15.7 Å². The zero-order chi connectivity index (χ0) is 17.4. The van der Waals surface area contributed by atoms with Gasteiger partial charge >= 0.3 is 0 Å². The molecule has 0 saturated carbocycles. The molecule has 6 nitrogen and oxygen atoms in total. The number of benzene rings is 1. The second-order valence-electron chi connectivity index (χ2n) is 5.84. The third-order valence-electron chi connectivity index (χ3n) is 4.03. The van der Waals surface area contributed by atoms with Crippen LogP contribution in [0.2, 0.25) is 0 Å². The van der Waals surface area contributed by atoms with Crippen LogP contribution < -0.4 is 11.2 Å². The molecule has 0 spiro atoms. The molecular weight excluding hydrogens is 351 g/mol. The van der Waals surface area contributed by atoms with Crippen molar-refractivity contribution in [3.63, 3.8) is 0 Å². The number of unbranched alkanes of at least 4 members (excludes halogenated alkanes) is 1. The van der Waals surface area contributed by atoms with Crippen molar-refractivity contribution in [2.45, 2.75) is 35.8 Å². The Balaban J connectivity index is 1.79. The largest absolute Gasteiger partial charge is 0.382 e. The number of nitrogen functional groups attached to an aromatic ring is 1. The Kier molecular flexibility index (Phi) is 4.35. The number of fused-ring (bicyclic) bond motifs is 2. The SMILES string of the molecule is Bc1cccc2nc(Sc3nc4c(N)ncnc4n3CCCC)sc12. The van der Waals surface area contributed by atoms with Gasteiger partial charge in [0.2, 0.25) is 0 Å². The third-order valence-corrected chi connectivity index (χ3v) is 6.29. The van der Waals surface area contributed by atoms with Crippen LogP contribution in [0.25, 0.3) is 21.4 Å². The first kappa shape index (κ1) is 16.3. The van der Waals surface area contributed by atoms with E-state index in [1.54, 1.807) is 23.1 Å². The minimum atomic E-state index is 0.419. The molecule has 0 saturated heterocycles. The van der Waals surface area contributed by atoms with E-state index >= 15 is 0 Å². The quantitative estimate of drug-likeness (QED) is 0.544. The van der Waals surface area contributed by atoms with Gasteiger partial charge in [0.25, 0.3) is 0 Å². The molecule has 3 heterocycles. The lowest BCUT2D eigenvalue weighted by atomic mass is 9.96. The number of nitrogens with zero attached hydrogens (tertiary/aromatic N) is 5. The van der Waals surface area contributed by atoms with E-state index < -0.39 is 0 Å². The van der Waals surface area contributed by atoms with Crippen molar-refractivity contribution in [3.8, 4) is 0 Å². The van der Waals surface area contributed by atoms with Gasteiger partial charge in [-0.1, -0.05) is 30.9 Å². The van der Waals surface area contributed by atoms with Gasteiger partial charge in [-0.25, -0.2) is 19.9 Å². The minimum absolute atomic E-state index is 0.419. The molecule has 25 heavy (non-hydrogen) atoms. The van der Waals surface area contributed by atoms with Crippen molar-refractivity contribution < 1.29 is 0 Å². The number of hydrogen-bond donors (Lipinski definition) is 1. The van der Waals surface area contributed by atoms with Crippen LogP contribution in [0.1, 0.15) is 19.8 Å². The Labute approximate surface area is 154 Å². The van der Waals surface area contributed by atoms with E-state index in [1.165, 1.54) is 16.5 Å². The molecule has 4 aromatic rings. The first-order valence-corrected chi connectivity index (χ1v) is 9.81. The summed E-state index contributed by atoms with van der Waals surface area (Å²) >= 11 is 3.27. The number of imidazole rings is 1. The van der Waals surface area contributed by atoms with Crippen LogP contribution >= 0.6 is 23.1 Å². The van der Waals surface area contributed by atoms with E-state index in [0.717, 1.165) is 40.0 Å². The summed E-state index contributed by atoms with van der Waals surface area (Å²) in [6.45, 7) is 3.03. The number of thiazole rings is 1. The van der Waals surface area contributed by atoms with Gasteiger partial charge in [-0.2, -0.15) is 0 Å². The van der Waals surface area contributed by atoms with E-state index in [-0.39, 0.29) is 0 Å². The lowest BCUT2D eigenvalue weighted by Crippen LogP contribution is -2.01. The summed E-state index contributed by atoms with van der Waals surface area (Å²) in [5, 5.41) is 0.868. The predicted molar refractivity (Wildman–Crippen MR) is 107 cm³/mol. The summed E-state index contributed by atoms with van der Waals surface area (Å²) in [7, 11) is 2.11. The summed E-state index contributed by atoms with van der Waals surface area (Å²) in [6, 6.07) is 6.20. The number of aromatic nitrogens is 5. The van der Waals surface area contributed by atoms with E-state index in [1.807, 2.05) is 12.1 Å². The highest BCUT2D eigenvalue weighted by atomic mass is 32.2. The summed E-state index contributed by atoms with van der Waals surface area (Å²) in [5.41, 5.74) is 9.73. The molecule has 4 rings (SSSR count). The van der Waals surface area contributed by atoms with Crippen molar-refractivity contribution in [2.75, 3.05) is 5.73 Å². The highest BCUT2D eigenvalue weighted by Gasteiger charge is 2.17. The van der Waals surface area contributed by atoms with Gasteiger partial charge in [0, 0.05) is 11.2 Å². The normalized spacial score (nSPS) is 11.6. The first-order chi connectivity index (χ1) is 12.2. The highest BCUT2D eigenvalue weighted by molar-refractivity contribution is 8.01. The fraction of sp³-hybridized carbons (Fsp3) is 0.250. The molecule has 0 radical (unpaired) electrons. The van der Waals surface area contributed by atoms with Crippen LogP contribution in [-0.2, 0) is 6.54 Å². The Morgan fingerprint density at radius 3 is 2.96 bits per heavy atom. The monoisotopic (exact) mass is 368 g/mol. The van der Waals surface area contributed by atoms with Crippen LogP contribution in [0, 0.1) is 0 Å². The fourth-order valence-corrected chi connectivity index (χ4v) is 4.85. The van der Waals surface area contributed by atoms with Crippen LogP contribution in [0.3, 0.4) is 0 Å². The molecule has 0 unspecified atom stereocenters. The molecule has 3 aromatic heterocycles. The Bertz CT molecular complexity index is 1060. The molecular formula is C16H17BN6S2. The Morgan fingerprint density at radius 1 is 1.28 bits per heavy atom. The number of aryl methyl sites for hydroxylation is 1. The minimum Gasteiger partial charge on any atom is -0.382 e. The van der Waals surface area contributed by atoms with E-state index in [9.17, 15) is 0 Å². The maximum atomic E-state index is 5.99. The number of rotatable bonds is 5. The number of anilines is 1. The Hall–Kier alpha value is -2.13. The summed E-state index contributed by atoms with van der Waals surface area (Å²) < 4.78 is 4.32. The number of nitrogens with two attached hydrogens (primary N) is 1. The average molecular weight is 368 g/mol. The maximum Gasteiger partial charge on any atom is 0.177 e. The van der Waals surface area contributed by atoms with Gasteiger partial charge in [0.15, 0.2) is 26.5 Å². The van der Waals surface area contributed by atoms with Crippen molar-refractivity contribution in [3.05, 3.63) is 24.5 Å². The molecule has 0 atom stereocenters. The van der Waals surface area contributed by atoms with Gasteiger partial charge in [-0.05, 0) is 24.2 Å². The smallest absolute Gasteiger partial charge is 0.177 e. The van der Waals surface area contributed by atoms with Crippen molar-refractivity contribution in [2.24, 2.45) is 0 Å². The van der Waals surface area contributed by atoms with Gasteiger partial charge in [0.1, 0.15) is 14.2 Å². The molecule has 0 bridgehead atoms. The zero-order valence-corrected chi connectivity index (χ0v) is 15.7. The van der Waals surface area contributed by atoms with Gasteiger partial charge in [-0.15, -0.1) is 11.3 Å². The van der Waals surface area contributed by atoms with Gasteiger partial charge in [-0.3, -0.25) is 0 Å². The molecule has 0 aliphatic rings. The first-order valence-electron chi connectivity index (χ1n) is 8.18. The molecule has 0 fully saturated rings. The summed E-state index contributed by atoms with van der Waals surface area (Å²) in [5.74, 6) is 0.419. The van der Waals surface area contributed by atoms with E-state index in [0.29, 0.717) is 11.3 Å².